The van der Waals surface area contributed by atoms with Gasteiger partial charge in [0, 0.05) is 0 Å². The monoisotopic (exact) mass is 319 g/mol. The predicted molar refractivity (Wildman–Crippen MR) is 75.0 cm³/mol. The van der Waals surface area contributed by atoms with Gasteiger partial charge in [0.05, 0.1) is 10.7 Å². The van der Waals surface area contributed by atoms with Crippen LogP contribution in [0.25, 0.3) is 0 Å². The predicted octanol–water partition coefficient (Wildman–Crippen LogP) is 2.78. The number of rotatable bonds is 4. The number of aromatic nitrogens is 2. The molecule has 0 amide bonds. The van der Waals surface area contributed by atoms with Crippen LogP contribution in [0.5, 0.6) is 0 Å². The molecule has 0 saturated carbocycles. The molecule has 0 aliphatic carbocycles. The van der Waals surface area contributed by atoms with Gasteiger partial charge >= 0.3 is 11.7 Å². The molecule has 0 radical (unpaired) electrons. The summed E-state index contributed by atoms with van der Waals surface area (Å²) in [4.78, 5) is 29.5. The summed E-state index contributed by atoms with van der Waals surface area (Å²) < 4.78 is 5.11. The van der Waals surface area contributed by atoms with Gasteiger partial charge in [-0.15, -0.1) is 0 Å². The summed E-state index contributed by atoms with van der Waals surface area (Å²) in [5.74, 6) is -0.575. The van der Waals surface area contributed by atoms with Crippen molar-refractivity contribution in [3.8, 4) is 0 Å². The minimum absolute atomic E-state index is 0.0540. The molecule has 0 N–H and O–H groups in total. The van der Waals surface area contributed by atoms with Crippen molar-refractivity contribution in [3.05, 3.63) is 21.1 Å². The van der Waals surface area contributed by atoms with Gasteiger partial charge in [-0.2, -0.15) is 0 Å². The van der Waals surface area contributed by atoms with Gasteiger partial charge < -0.3 is 4.74 Å². The number of carbonyl (C=O) groups is 1. The number of nitrogens with zero attached hydrogens (tertiary/aromatic N) is 3. The number of carbonyl (C=O) groups excluding carboxylic acids is 1. The molecule has 110 valence electrons. The summed E-state index contributed by atoms with van der Waals surface area (Å²) in [5.41, 5.74) is -0.701. The summed E-state index contributed by atoms with van der Waals surface area (Å²) >= 11 is 6.57. The van der Waals surface area contributed by atoms with E-state index >= 15 is 0 Å². The summed E-state index contributed by atoms with van der Waals surface area (Å²) in [6, 6.07) is 0. The zero-order valence-corrected chi connectivity index (χ0v) is 13.0. The summed E-state index contributed by atoms with van der Waals surface area (Å²) in [7, 11) is 0. The van der Waals surface area contributed by atoms with Crippen molar-refractivity contribution in [1.29, 1.82) is 0 Å². The molecular formula is C11H14ClN3O4S. The molecule has 1 aromatic heterocycles. The van der Waals surface area contributed by atoms with Gasteiger partial charge in [-0.3, -0.25) is 14.9 Å². The van der Waals surface area contributed by atoms with Gasteiger partial charge in [-0.05, 0) is 39.3 Å². The van der Waals surface area contributed by atoms with Crippen LogP contribution in [0.4, 0.5) is 5.69 Å². The normalized spacial score (nSPS) is 11.2. The molecule has 0 spiro atoms. The molecule has 0 aromatic carbocycles. The molecule has 0 atom stereocenters. The summed E-state index contributed by atoms with van der Waals surface area (Å²) in [6.45, 7) is 6.68. The van der Waals surface area contributed by atoms with Crippen molar-refractivity contribution in [2.45, 2.75) is 38.3 Å². The van der Waals surface area contributed by atoms with Crippen molar-refractivity contribution >= 4 is 35.0 Å². The molecule has 9 heteroatoms. The fraction of sp³-hybridized carbons (Fsp3) is 0.545. The zero-order chi connectivity index (χ0) is 15.5. The Kier molecular flexibility index (Phi) is 5.29. The fourth-order valence-corrected chi connectivity index (χ4v) is 2.40. The SMILES string of the molecule is Cc1nc(Cl)nc(SCC(=O)OC(C)(C)C)c1[N+](=O)[O-]. The molecule has 0 unspecified atom stereocenters. The Bertz CT molecular complexity index is 545. The van der Waals surface area contributed by atoms with Crippen LogP contribution >= 0.6 is 23.4 Å². The molecule has 20 heavy (non-hydrogen) atoms. The lowest BCUT2D eigenvalue weighted by Crippen LogP contribution is -2.25. The first kappa shape index (κ1) is 16.6. The van der Waals surface area contributed by atoms with E-state index in [1.807, 2.05) is 0 Å². The van der Waals surface area contributed by atoms with Crippen LogP contribution in [-0.4, -0.2) is 32.2 Å². The van der Waals surface area contributed by atoms with Crippen molar-refractivity contribution < 1.29 is 14.5 Å². The number of nitro groups is 1. The number of aryl methyl sites for hydroxylation is 1. The van der Waals surface area contributed by atoms with Gasteiger partial charge in [0.1, 0.15) is 11.3 Å². The minimum Gasteiger partial charge on any atom is -0.459 e. The molecular weight excluding hydrogens is 306 g/mol. The molecule has 0 saturated heterocycles. The number of halogens is 1. The molecule has 7 nitrogen and oxygen atoms in total. The van der Waals surface area contributed by atoms with E-state index in [-0.39, 0.29) is 27.4 Å². The second kappa shape index (κ2) is 6.36. The van der Waals surface area contributed by atoms with Gasteiger partial charge in [0.25, 0.3) is 0 Å². The Balaban J connectivity index is 2.88. The Morgan fingerprint density at radius 2 is 2.05 bits per heavy atom. The maximum Gasteiger partial charge on any atom is 0.322 e. The topological polar surface area (TPSA) is 95.2 Å². The molecule has 1 aromatic rings. The maximum absolute atomic E-state index is 11.6. The first-order valence-corrected chi connectivity index (χ1v) is 6.99. The molecule has 0 fully saturated rings. The molecule has 0 bridgehead atoms. The van der Waals surface area contributed by atoms with Crippen LogP contribution in [-0.2, 0) is 9.53 Å². The van der Waals surface area contributed by atoms with E-state index < -0.39 is 16.5 Å². The highest BCUT2D eigenvalue weighted by molar-refractivity contribution is 8.00. The van der Waals surface area contributed by atoms with Crippen LogP contribution < -0.4 is 0 Å². The van der Waals surface area contributed by atoms with Crippen LogP contribution in [0.1, 0.15) is 26.5 Å². The Labute approximate surface area is 125 Å². The van der Waals surface area contributed by atoms with E-state index in [1.165, 1.54) is 6.92 Å². The lowest BCUT2D eigenvalue weighted by Gasteiger charge is -2.19. The number of thioether (sulfide) groups is 1. The third-order valence-electron chi connectivity index (χ3n) is 1.93. The van der Waals surface area contributed by atoms with E-state index in [0.29, 0.717) is 0 Å². The van der Waals surface area contributed by atoms with Crippen molar-refractivity contribution in [2.75, 3.05) is 5.75 Å². The van der Waals surface area contributed by atoms with E-state index in [0.717, 1.165) is 11.8 Å². The Morgan fingerprint density at radius 3 is 2.55 bits per heavy atom. The van der Waals surface area contributed by atoms with Crippen molar-refractivity contribution in [3.63, 3.8) is 0 Å². The molecule has 0 aliphatic rings. The van der Waals surface area contributed by atoms with Crippen LogP contribution in [0.15, 0.2) is 5.03 Å². The van der Waals surface area contributed by atoms with Crippen molar-refractivity contribution in [2.24, 2.45) is 0 Å². The van der Waals surface area contributed by atoms with Gasteiger partial charge in [0.15, 0.2) is 5.03 Å². The molecule has 1 rings (SSSR count). The van der Waals surface area contributed by atoms with Crippen LogP contribution in [0, 0.1) is 17.0 Å². The third kappa shape index (κ3) is 4.93. The fourth-order valence-electron chi connectivity index (χ4n) is 1.32. The highest BCUT2D eigenvalue weighted by atomic mass is 35.5. The number of hydrogen-bond donors (Lipinski definition) is 0. The number of esters is 1. The summed E-state index contributed by atoms with van der Waals surface area (Å²) in [5, 5.41) is 10.9. The van der Waals surface area contributed by atoms with E-state index in [4.69, 9.17) is 16.3 Å². The third-order valence-corrected chi connectivity index (χ3v) is 3.04. The number of hydrogen-bond acceptors (Lipinski definition) is 7. The zero-order valence-electron chi connectivity index (χ0n) is 11.5. The summed E-state index contributed by atoms with van der Waals surface area (Å²) in [6.07, 6.45) is 0. The highest BCUT2D eigenvalue weighted by Crippen LogP contribution is 2.30. The second-order valence-electron chi connectivity index (χ2n) is 4.86. The van der Waals surface area contributed by atoms with Crippen molar-refractivity contribution in [1.82, 2.24) is 9.97 Å². The lowest BCUT2D eigenvalue weighted by atomic mass is 10.2. The second-order valence-corrected chi connectivity index (χ2v) is 6.17. The molecule has 1 heterocycles. The van der Waals surface area contributed by atoms with Gasteiger partial charge in [-0.1, -0.05) is 11.8 Å². The smallest absolute Gasteiger partial charge is 0.322 e. The number of ether oxygens (including phenoxy) is 1. The first-order chi connectivity index (χ1) is 9.10. The van der Waals surface area contributed by atoms with Crippen LogP contribution in [0.3, 0.4) is 0 Å². The van der Waals surface area contributed by atoms with Gasteiger partial charge in [0.2, 0.25) is 5.28 Å². The van der Waals surface area contributed by atoms with E-state index in [1.54, 1.807) is 20.8 Å². The highest BCUT2D eigenvalue weighted by Gasteiger charge is 2.24. The minimum atomic E-state index is -0.608. The Morgan fingerprint density at radius 1 is 1.45 bits per heavy atom. The lowest BCUT2D eigenvalue weighted by molar-refractivity contribution is -0.389. The largest absolute Gasteiger partial charge is 0.459 e. The average Bonchev–Trinajstić information content (AvgIpc) is 2.22. The van der Waals surface area contributed by atoms with Gasteiger partial charge in [-0.25, -0.2) is 9.97 Å². The van der Waals surface area contributed by atoms with E-state index in [2.05, 4.69) is 9.97 Å². The average molecular weight is 320 g/mol. The molecule has 0 aliphatic heterocycles. The van der Waals surface area contributed by atoms with E-state index in [9.17, 15) is 14.9 Å². The maximum atomic E-state index is 11.6. The van der Waals surface area contributed by atoms with Crippen LogP contribution in [0.2, 0.25) is 5.28 Å². The standard InChI is InChI=1S/C11H14ClN3O4S/c1-6-8(15(17)18)9(14-10(12)13-6)20-5-7(16)19-11(2,3)4/h5H2,1-4H3. The first-order valence-electron chi connectivity index (χ1n) is 5.63. The Hall–Kier alpha value is -1.41. The quantitative estimate of drug-likeness (QED) is 0.210.